The van der Waals surface area contributed by atoms with Crippen LogP contribution in [0.2, 0.25) is 0 Å². The first-order valence-corrected chi connectivity index (χ1v) is 8.06. The normalized spacial score (nSPS) is 11.5. The Morgan fingerprint density at radius 3 is 2.36 bits per heavy atom. The highest BCUT2D eigenvalue weighted by Gasteiger charge is 2.09. The molecule has 1 aromatic rings. The van der Waals surface area contributed by atoms with Crippen LogP contribution < -0.4 is 10.6 Å². The third-order valence-corrected chi connectivity index (χ3v) is 3.86. The molecule has 0 aliphatic rings. The fraction of sp³-hybridized carbons (Fsp3) is 0.750. The van der Waals surface area contributed by atoms with E-state index in [1.165, 1.54) is 18.4 Å². The number of aromatic nitrogens is 1. The van der Waals surface area contributed by atoms with Crippen LogP contribution in [0.5, 0.6) is 0 Å². The smallest absolute Gasteiger partial charge is 0.191 e. The van der Waals surface area contributed by atoms with Crippen molar-refractivity contribution < 1.29 is 4.52 Å². The second-order valence-electron chi connectivity index (χ2n) is 5.38. The minimum absolute atomic E-state index is 0. The number of aryl methyl sites for hydroxylation is 2. The first-order valence-electron chi connectivity index (χ1n) is 8.06. The predicted molar refractivity (Wildman–Crippen MR) is 103 cm³/mol. The highest BCUT2D eigenvalue weighted by Crippen LogP contribution is 2.12. The van der Waals surface area contributed by atoms with Gasteiger partial charge in [-0.15, -0.1) is 24.0 Å². The molecule has 1 aromatic heterocycles. The minimum atomic E-state index is 0. The summed E-state index contributed by atoms with van der Waals surface area (Å²) < 4.78 is 5.18. The van der Waals surface area contributed by atoms with Gasteiger partial charge in [0.2, 0.25) is 0 Å². The Morgan fingerprint density at radius 2 is 1.86 bits per heavy atom. The summed E-state index contributed by atoms with van der Waals surface area (Å²) in [5.41, 5.74) is 2.17. The predicted octanol–water partition coefficient (Wildman–Crippen LogP) is 3.44. The van der Waals surface area contributed by atoms with Crippen LogP contribution in [-0.4, -0.2) is 30.8 Å². The molecule has 0 aliphatic heterocycles. The lowest BCUT2D eigenvalue weighted by Crippen LogP contribution is -2.38. The Hall–Kier alpha value is -0.790. The fourth-order valence-corrected chi connectivity index (χ4v) is 2.27. The van der Waals surface area contributed by atoms with E-state index in [1.54, 1.807) is 0 Å². The molecule has 6 heteroatoms. The van der Waals surface area contributed by atoms with Crippen LogP contribution in [0.15, 0.2) is 9.52 Å². The van der Waals surface area contributed by atoms with Crippen LogP contribution in [0.25, 0.3) is 0 Å². The largest absolute Gasteiger partial charge is 0.361 e. The maximum Gasteiger partial charge on any atom is 0.191 e. The van der Waals surface area contributed by atoms with Crippen LogP contribution in [0.4, 0.5) is 0 Å². The molecule has 0 amide bonds. The second kappa shape index (κ2) is 11.7. The molecule has 1 rings (SSSR count). The van der Waals surface area contributed by atoms with Gasteiger partial charge >= 0.3 is 0 Å². The molecular weight excluding hydrogens is 391 g/mol. The van der Waals surface area contributed by atoms with Gasteiger partial charge in [-0.2, -0.15) is 0 Å². The standard InChI is InChI=1S/C16H30N4O.HI/c1-6-14(7-2)11-19-16(17-8-3)18-10-9-15-12(4)20-21-13(15)5;/h14H,6-11H2,1-5H3,(H2,17,18,19);1H. The molecule has 0 spiro atoms. The summed E-state index contributed by atoms with van der Waals surface area (Å²) in [6.45, 7) is 13.1. The summed E-state index contributed by atoms with van der Waals surface area (Å²) in [7, 11) is 0. The molecule has 0 saturated heterocycles. The van der Waals surface area contributed by atoms with Crippen LogP contribution in [0, 0.1) is 19.8 Å². The number of hydrogen-bond donors (Lipinski definition) is 2. The number of rotatable bonds is 8. The van der Waals surface area contributed by atoms with Gasteiger partial charge in [0.1, 0.15) is 5.76 Å². The van der Waals surface area contributed by atoms with E-state index in [9.17, 15) is 0 Å². The van der Waals surface area contributed by atoms with Gasteiger partial charge in [-0.05, 0) is 33.1 Å². The summed E-state index contributed by atoms with van der Waals surface area (Å²) in [6, 6.07) is 0. The van der Waals surface area contributed by atoms with Gasteiger partial charge in [0.05, 0.1) is 5.69 Å². The van der Waals surface area contributed by atoms with E-state index in [1.807, 2.05) is 13.8 Å². The lowest BCUT2D eigenvalue weighted by atomic mass is 10.0. The van der Waals surface area contributed by atoms with Crippen LogP contribution in [0.1, 0.15) is 50.6 Å². The van der Waals surface area contributed by atoms with Crippen molar-refractivity contribution in [3.63, 3.8) is 0 Å². The third-order valence-electron chi connectivity index (χ3n) is 3.86. The molecule has 2 N–H and O–H groups in total. The van der Waals surface area contributed by atoms with Crippen molar-refractivity contribution in [2.75, 3.05) is 19.6 Å². The quantitative estimate of drug-likeness (QED) is 0.383. The van der Waals surface area contributed by atoms with Gasteiger partial charge in [-0.3, -0.25) is 4.99 Å². The number of halogens is 1. The molecule has 0 aromatic carbocycles. The average molecular weight is 422 g/mol. The van der Waals surface area contributed by atoms with Crippen molar-refractivity contribution in [1.29, 1.82) is 0 Å². The van der Waals surface area contributed by atoms with Crippen molar-refractivity contribution >= 4 is 29.9 Å². The highest BCUT2D eigenvalue weighted by molar-refractivity contribution is 14.0. The molecular formula is C16H31IN4O. The molecule has 128 valence electrons. The topological polar surface area (TPSA) is 62.5 Å². The van der Waals surface area contributed by atoms with Crippen molar-refractivity contribution in [1.82, 2.24) is 15.8 Å². The zero-order valence-electron chi connectivity index (χ0n) is 14.5. The molecule has 0 radical (unpaired) electrons. The van der Waals surface area contributed by atoms with Crippen molar-refractivity contribution in [3.8, 4) is 0 Å². The Morgan fingerprint density at radius 1 is 1.18 bits per heavy atom. The summed E-state index contributed by atoms with van der Waals surface area (Å²) in [5.74, 6) is 2.48. The zero-order valence-corrected chi connectivity index (χ0v) is 16.9. The fourth-order valence-electron chi connectivity index (χ4n) is 2.27. The van der Waals surface area contributed by atoms with Crippen molar-refractivity contribution in [2.24, 2.45) is 10.9 Å². The molecule has 0 bridgehead atoms. The van der Waals surface area contributed by atoms with Crippen LogP contribution in [-0.2, 0) is 6.42 Å². The van der Waals surface area contributed by atoms with Gasteiger partial charge in [-0.1, -0.05) is 31.8 Å². The van der Waals surface area contributed by atoms with E-state index >= 15 is 0 Å². The second-order valence-corrected chi connectivity index (χ2v) is 5.38. The first-order chi connectivity index (χ1) is 10.1. The van der Waals surface area contributed by atoms with Gasteiger partial charge in [-0.25, -0.2) is 0 Å². The monoisotopic (exact) mass is 422 g/mol. The van der Waals surface area contributed by atoms with Crippen LogP contribution >= 0.6 is 24.0 Å². The SMILES string of the molecule is CCNC(=NCC(CC)CC)NCCc1c(C)noc1C.I. The number of nitrogens with zero attached hydrogens (tertiary/aromatic N) is 2. The molecule has 0 fully saturated rings. The average Bonchev–Trinajstić information content (AvgIpc) is 2.79. The van der Waals surface area contributed by atoms with Gasteiger partial charge in [0.25, 0.3) is 0 Å². The van der Waals surface area contributed by atoms with E-state index in [0.717, 1.165) is 43.5 Å². The van der Waals surface area contributed by atoms with Gasteiger partial charge < -0.3 is 15.2 Å². The molecule has 22 heavy (non-hydrogen) atoms. The summed E-state index contributed by atoms with van der Waals surface area (Å²) in [4.78, 5) is 4.67. The lowest BCUT2D eigenvalue weighted by molar-refractivity contribution is 0.392. The summed E-state index contributed by atoms with van der Waals surface area (Å²) in [5, 5.41) is 10.7. The Labute approximate surface area is 151 Å². The molecule has 0 saturated carbocycles. The lowest BCUT2D eigenvalue weighted by Gasteiger charge is -2.13. The van der Waals surface area contributed by atoms with E-state index in [0.29, 0.717) is 5.92 Å². The summed E-state index contributed by atoms with van der Waals surface area (Å²) in [6.07, 6.45) is 3.26. The maximum atomic E-state index is 5.18. The van der Waals surface area contributed by atoms with Gasteiger partial charge in [0.15, 0.2) is 5.96 Å². The Balaban J connectivity index is 0.00000441. The Bertz CT molecular complexity index is 422. The molecule has 1 heterocycles. The Kier molecular flexibility index (Phi) is 11.3. The van der Waals surface area contributed by atoms with Crippen molar-refractivity contribution in [3.05, 3.63) is 17.0 Å². The third kappa shape index (κ3) is 6.98. The summed E-state index contributed by atoms with van der Waals surface area (Å²) >= 11 is 0. The van der Waals surface area contributed by atoms with E-state index in [2.05, 4.69) is 41.6 Å². The number of nitrogens with one attached hydrogen (secondary N) is 2. The molecule has 0 atom stereocenters. The maximum absolute atomic E-state index is 5.18. The van der Waals surface area contributed by atoms with Crippen molar-refractivity contribution in [2.45, 2.75) is 53.9 Å². The van der Waals surface area contributed by atoms with Gasteiger partial charge in [0, 0.05) is 25.2 Å². The number of aliphatic imine (C=N–C) groups is 1. The van der Waals surface area contributed by atoms with E-state index < -0.39 is 0 Å². The molecule has 5 nitrogen and oxygen atoms in total. The molecule has 0 unspecified atom stereocenters. The molecule has 0 aliphatic carbocycles. The number of guanidine groups is 1. The zero-order chi connectivity index (χ0) is 15.7. The van der Waals surface area contributed by atoms with Crippen LogP contribution in [0.3, 0.4) is 0 Å². The minimum Gasteiger partial charge on any atom is -0.361 e. The first kappa shape index (κ1) is 21.2. The number of hydrogen-bond acceptors (Lipinski definition) is 3. The highest BCUT2D eigenvalue weighted by atomic mass is 127. The van der Waals surface area contributed by atoms with E-state index in [4.69, 9.17) is 4.52 Å². The van der Waals surface area contributed by atoms with E-state index in [-0.39, 0.29) is 24.0 Å².